The van der Waals surface area contributed by atoms with Crippen LogP contribution in [0.5, 0.6) is 0 Å². The van der Waals surface area contributed by atoms with Crippen molar-refractivity contribution in [2.24, 2.45) is 0 Å². The van der Waals surface area contributed by atoms with Crippen LogP contribution in [0.15, 0.2) is 24.3 Å². The van der Waals surface area contributed by atoms with Crippen molar-refractivity contribution in [3.8, 4) is 0 Å². The molecule has 0 aliphatic heterocycles. The van der Waals surface area contributed by atoms with Crippen LogP contribution in [-0.4, -0.2) is 57.3 Å². The standard InChI is InChI=1S/C23H30F6N2O4/c24-22(25,26)17-6-1-5-15-16(13-19(23(27,28)29)31-20(15)17)18(35)14-30-21(7-2-10-32,8-3-11-33)9-4-12-34/h1,5-6,13,18,30,32-35H,2-4,7-12,14H2/t18-/m0/s1. The molecule has 0 aliphatic carbocycles. The van der Waals surface area contributed by atoms with Gasteiger partial charge >= 0.3 is 12.4 Å². The maximum atomic E-state index is 13.5. The van der Waals surface area contributed by atoms with Crippen molar-refractivity contribution in [1.82, 2.24) is 10.3 Å². The average Bonchev–Trinajstić information content (AvgIpc) is 2.80. The van der Waals surface area contributed by atoms with E-state index < -0.39 is 40.8 Å². The molecule has 0 bridgehead atoms. The predicted octanol–water partition coefficient (Wildman–Crippen LogP) is 3.95. The first-order valence-electron chi connectivity index (χ1n) is 11.2. The number of pyridine rings is 1. The summed E-state index contributed by atoms with van der Waals surface area (Å²) in [7, 11) is 0. The normalized spacial score (nSPS) is 14.0. The fourth-order valence-electron chi connectivity index (χ4n) is 4.24. The number of rotatable bonds is 13. The van der Waals surface area contributed by atoms with E-state index in [1.807, 2.05) is 0 Å². The van der Waals surface area contributed by atoms with E-state index in [0.29, 0.717) is 50.7 Å². The van der Waals surface area contributed by atoms with Gasteiger partial charge in [-0.25, -0.2) is 4.98 Å². The van der Waals surface area contributed by atoms with Gasteiger partial charge in [0.15, 0.2) is 0 Å². The van der Waals surface area contributed by atoms with E-state index in [4.69, 9.17) is 0 Å². The first-order chi connectivity index (χ1) is 16.4. The van der Waals surface area contributed by atoms with Gasteiger partial charge in [-0.15, -0.1) is 0 Å². The Morgan fingerprint density at radius 2 is 1.37 bits per heavy atom. The second-order valence-electron chi connectivity index (χ2n) is 8.45. The summed E-state index contributed by atoms with van der Waals surface area (Å²) in [5.41, 5.74) is -4.92. The van der Waals surface area contributed by atoms with Gasteiger partial charge in [-0.2, -0.15) is 26.3 Å². The van der Waals surface area contributed by atoms with Gasteiger partial charge in [-0.3, -0.25) is 0 Å². The lowest BCUT2D eigenvalue weighted by atomic mass is 9.83. The molecule has 2 rings (SSSR count). The Balaban J connectivity index is 2.50. The Kier molecular flexibility index (Phi) is 10.3. The third-order valence-corrected chi connectivity index (χ3v) is 5.94. The van der Waals surface area contributed by atoms with E-state index in [1.165, 1.54) is 6.07 Å². The van der Waals surface area contributed by atoms with Crippen LogP contribution in [0.25, 0.3) is 10.9 Å². The molecule has 0 fully saturated rings. The highest BCUT2D eigenvalue weighted by molar-refractivity contribution is 5.86. The summed E-state index contributed by atoms with van der Waals surface area (Å²) < 4.78 is 80.8. The highest BCUT2D eigenvalue weighted by Gasteiger charge is 2.38. The van der Waals surface area contributed by atoms with Gasteiger partial charge in [0.2, 0.25) is 0 Å². The predicted molar refractivity (Wildman–Crippen MR) is 116 cm³/mol. The Morgan fingerprint density at radius 1 is 0.829 bits per heavy atom. The minimum Gasteiger partial charge on any atom is -0.396 e. The van der Waals surface area contributed by atoms with Crippen LogP contribution < -0.4 is 5.32 Å². The molecule has 2 aromatic rings. The largest absolute Gasteiger partial charge is 0.433 e. The summed E-state index contributed by atoms with van der Waals surface area (Å²) in [4.78, 5) is 3.23. The SMILES string of the molecule is OCCCC(CCCO)(CCCO)NC[C@H](O)c1cc(C(F)(F)F)nc2c(C(F)(F)F)cccc12. The quantitative estimate of drug-likeness (QED) is 0.260. The molecular weight excluding hydrogens is 482 g/mol. The number of hydrogen-bond donors (Lipinski definition) is 5. The number of benzene rings is 1. The Bertz CT molecular complexity index is 930. The summed E-state index contributed by atoms with van der Waals surface area (Å²) in [6.07, 6.45) is -9.39. The molecule has 0 amide bonds. The fourth-order valence-corrected chi connectivity index (χ4v) is 4.24. The first-order valence-corrected chi connectivity index (χ1v) is 11.2. The third kappa shape index (κ3) is 7.74. The molecule has 198 valence electrons. The zero-order valence-corrected chi connectivity index (χ0v) is 19.0. The van der Waals surface area contributed by atoms with Crippen molar-refractivity contribution in [2.45, 2.75) is 62.5 Å². The van der Waals surface area contributed by atoms with Crippen LogP contribution in [0.1, 0.15) is 61.4 Å². The van der Waals surface area contributed by atoms with Crippen molar-refractivity contribution in [2.75, 3.05) is 26.4 Å². The smallest absolute Gasteiger partial charge is 0.396 e. The molecule has 5 N–H and O–H groups in total. The molecule has 0 saturated carbocycles. The monoisotopic (exact) mass is 512 g/mol. The van der Waals surface area contributed by atoms with Crippen LogP contribution in [-0.2, 0) is 12.4 Å². The fraction of sp³-hybridized carbons (Fsp3) is 0.609. The zero-order valence-electron chi connectivity index (χ0n) is 19.0. The van der Waals surface area contributed by atoms with Gasteiger partial charge in [0, 0.05) is 37.3 Å². The summed E-state index contributed by atoms with van der Waals surface area (Å²) >= 11 is 0. The van der Waals surface area contributed by atoms with E-state index in [9.17, 15) is 46.8 Å². The molecule has 1 aromatic carbocycles. The number of nitrogens with one attached hydrogen (secondary N) is 1. The number of aliphatic hydroxyl groups is 4. The maximum absolute atomic E-state index is 13.5. The molecule has 0 aliphatic rings. The molecule has 6 nitrogen and oxygen atoms in total. The number of β-amino-alcohol motifs (C(OH)–C–C–N with tert-alkyl or cyclic N) is 1. The molecule has 1 aromatic heterocycles. The number of hydrogen-bond acceptors (Lipinski definition) is 6. The van der Waals surface area contributed by atoms with Crippen molar-refractivity contribution >= 4 is 10.9 Å². The van der Waals surface area contributed by atoms with Crippen LogP contribution in [0.4, 0.5) is 26.3 Å². The summed E-state index contributed by atoms with van der Waals surface area (Å²) in [6, 6.07) is 3.39. The van der Waals surface area contributed by atoms with Crippen LogP contribution in [0.3, 0.4) is 0 Å². The van der Waals surface area contributed by atoms with Gasteiger partial charge in [0.25, 0.3) is 0 Å². The number of alkyl halides is 6. The number of nitrogens with zero attached hydrogens (tertiary/aromatic N) is 1. The van der Waals surface area contributed by atoms with Crippen molar-refractivity contribution in [3.63, 3.8) is 0 Å². The Morgan fingerprint density at radius 3 is 1.83 bits per heavy atom. The van der Waals surface area contributed by atoms with E-state index in [1.54, 1.807) is 0 Å². The summed E-state index contributed by atoms with van der Waals surface area (Å²) in [5.74, 6) is 0. The second-order valence-corrected chi connectivity index (χ2v) is 8.45. The van der Waals surface area contributed by atoms with Gasteiger partial charge < -0.3 is 25.7 Å². The molecule has 1 heterocycles. The Labute approximate surface area is 198 Å². The topological polar surface area (TPSA) is 106 Å². The summed E-state index contributed by atoms with van der Waals surface area (Å²) in [5, 5.41) is 41.5. The van der Waals surface area contributed by atoms with Crippen LogP contribution >= 0.6 is 0 Å². The Hall–Kier alpha value is -1.99. The molecule has 0 radical (unpaired) electrons. The minimum atomic E-state index is -5.04. The number of halogens is 6. The number of aliphatic hydroxyl groups excluding tert-OH is 4. The van der Waals surface area contributed by atoms with E-state index in [0.717, 1.165) is 6.07 Å². The van der Waals surface area contributed by atoms with Crippen molar-refractivity contribution in [1.29, 1.82) is 0 Å². The lowest BCUT2D eigenvalue weighted by molar-refractivity contribution is -0.142. The second kappa shape index (κ2) is 12.3. The van der Waals surface area contributed by atoms with Gasteiger partial charge in [0.1, 0.15) is 5.69 Å². The molecule has 12 heteroatoms. The lowest BCUT2D eigenvalue weighted by Gasteiger charge is -2.36. The molecule has 35 heavy (non-hydrogen) atoms. The van der Waals surface area contributed by atoms with Gasteiger partial charge in [0.05, 0.1) is 17.2 Å². The lowest BCUT2D eigenvalue weighted by Crippen LogP contribution is -2.47. The molecule has 1 atom stereocenters. The van der Waals surface area contributed by atoms with Gasteiger partial charge in [-0.05, 0) is 56.2 Å². The molecular formula is C23H30F6N2O4. The van der Waals surface area contributed by atoms with Crippen LogP contribution in [0.2, 0.25) is 0 Å². The van der Waals surface area contributed by atoms with Crippen molar-refractivity contribution < 1.29 is 46.8 Å². The first kappa shape index (κ1) is 29.2. The minimum absolute atomic E-state index is 0.144. The zero-order chi connectivity index (χ0) is 26.3. The van der Waals surface area contributed by atoms with E-state index in [-0.39, 0.29) is 37.3 Å². The molecule has 0 spiro atoms. The van der Waals surface area contributed by atoms with Crippen molar-refractivity contribution in [3.05, 3.63) is 41.1 Å². The van der Waals surface area contributed by atoms with Gasteiger partial charge in [-0.1, -0.05) is 12.1 Å². The third-order valence-electron chi connectivity index (χ3n) is 5.94. The maximum Gasteiger partial charge on any atom is 0.433 e. The summed E-state index contributed by atoms with van der Waals surface area (Å²) in [6.45, 7) is -0.744. The highest BCUT2D eigenvalue weighted by atomic mass is 19.4. The van der Waals surface area contributed by atoms with E-state index in [2.05, 4.69) is 10.3 Å². The number of fused-ring (bicyclic) bond motifs is 1. The number of aromatic nitrogens is 1. The average molecular weight is 512 g/mol. The molecule has 0 saturated heterocycles. The van der Waals surface area contributed by atoms with Crippen LogP contribution in [0, 0.1) is 0 Å². The van der Waals surface area contributed by atoms with E-state index >= 15 is 0 Å². The highest BCUT2D eigenvalue weighted by Crippen LogP contribution is 2.39. The molecule has 0 unspecified atom stereocenters. The number of para-hydroxylation sites is 1.